The second-order valence-corrected chi connectivity index (χ2v) is 13.3. The molecule has 284 valence electrons. The Bertz CT molecular complexity index is 1760. The Morgan fingerprint density at radius 3 is 2.28 bits per heavy atom. The standard InChI is InChI=1S/C38H51N9O6/c1-25-34(51)44-31(10-7-18-42-37(40)41)36(53)45-32(21-27-11-14-28-8-3-4-9-29(28)20-27)35(52)43-23-33(50)46-38(24-48,47(25)19-6-2-5-17-39)22-26-12-15-30(49)16-13-26/h3-4,8-9,11-16,20,24-25,31-32,49H,2,5-7,10,17-19,21-23,39H2,1H3,(H,43,52)(H,44,51)(H,45,53)(H,46,50)(H4,40,41,42). The zero-order valence-corrected chi connectivity index (χ0v) is 30.1. The maximum Gasteiger partial charge on any atom is 0.243 e. The van der Waals surface area contributed by atoms with Gasteiger partial charge in [-0.1, -0.05) is 61.0 Å². The number of aromatic hydroxyl groups is 1. The van der Waals surface area contributed by atoms with Crippen LogP contribution in [0.25, 0.3) is 10.8 Å². The second kappa shape index (κ2) is 19.3. The number of rotatable bonds is 14. The van der Waals surface area contributed by atoms with Crippen LogP contribution in [0.3, 0.4) is 0 Å². The van der Waals surface area contributed by atoms with Crippen LogP contribution in [0, 0.1) is 0 Å². The second-order valence-electron chi connectivity index (χ2n) is 13.3. The largest absolute Gasteiger partial charge is 0.508 e. The summed E-state index contributed by atoms with van der Waals surface area (Å²) >= 11 is 0. The van der Waals surface area contributed by atoms with Crippen molar-refractivity contribution in [3.8, 4) is 5.75 Å². The molecule has 4 rings (SSSR count). The molecule has 1 aliphatic heterocycles. The number of carbonyl (C=O) groups is 5. The fourth-order valence-electron chi connectivity index (χ4n) is 6.49. The Labute approximate surface area is 309 Å². The smallest absolute Gasteiger partial charge is 0.243 e. The molecule has 3 aromatic carbocycles. The lowest BCUT2D eigenvalue weighted by atomic mass is 9.95. The molecule has 4 amide bonds. The van der Waals surface area contributed by atoms with Crippen LogP contribution in [-0.4, -0.2) is 95.8 Å². The summed E-state index contributed by atoms with van der Waals surface area (Å²) in [6.45, 7) is 1.94. The van der Waals surface area contributed by atoms with Gasteiger partial charge in [-0.05, 0) is 73.2 Å². The van der Waals surface area contributed by atoms with E-state index in [2.05, 4.69) is 26.3 Å². The van der Waals surface area contributed by atoms with Gasteiger partial charge in [0.1, 0.15) is 17.8 Å². The number of carbonyl (C=O) groups excluding carboxylic acids is 5. The number of phenols is 1. The number of aliphatic imine (C=N–C) groups is 1. The number of phenolic OH excluding ortho intramolecular Hbond substituents is 1. The molecule has 4 atom stereocenters. The van der Waals surface area contributed by atoms with Gasteiger partial charge in [0.2, 0.25) is 23.6 Å². The number of hydrogen-bond donors (Lipinski definition) is 8. The van der Waals surface area contributed by atoms with Crippen LogP contribution < -0.4 is 38.5 Å². The number of benzene rings is 3. The first kappa shape index (κ1) is 40.2. The van der Waals surface area contributed by atoms with Gasteiger partial charge in [-0.15, -0.1) is 0 Å². The number of nitrogens with one attached hydrogen (secondary N) is 4. The van der Waals surface area contributed by atoms with E-state index < -0.39 is 54.0 Å². The minimum Gasteiger partial charge on any atom is -0.508 e. The molecule has 15 heteroatoms. The first-order valence-electron chi connectivity index (χ1n) is 17.9. The number of hydrogen-bond acceptors (Lipinski definition) is 9. The van der Waals surface area contributed by atoms with Crippen LogP contribution >= 0.6 is 0 Å². The van der Waals surface area contributed by atoms with E-state index in [0.717, 1.165) is 16.3 Å². The van der Waals surface area contributed by atoms with E-state index in [9.17, 15) is 29.1 Å². The van der Waals surface area contributed by atoms with Gasteiger partial charge in [0.15, 0.2) is 17.9 Å². The number of unbranched alkanes of at least 4 members (excludes halogenated alkanes) is 2. The highest BCUT2D eigenvalue weighted by Crippen LogP contribution is 2.24. The molecule has 11 N–H and O–H groups in total. The molecule has 3 aromatic rings. The van der Waals surface area contributed by atoms with Crippen LogP contribution in [0.4, 0.5) is 0 Å². The van der Waals surface area contributed by atoms with Crippen molar-refractivity contribution < 1.29 is 29.1 Å². The van der Waals surface area contributed by atoms with Gasteiger partial charge >= 0.3 is 0 Å². The molecular weight excluding hydrogens is 678 g/mol. The van der Waals surface area contributed by atoms with E-state index in [-0.39, 0.29) is 44.1 Å². The summed E-state index contributed by atoms with van der Waals surface area (Å²) in [5.74, 6) is -2.61. The molecular formula is C38H51N9O6. The topological polar surface area (TPSA) is 247 Å². The monoisotopic (exact) mass is 729 g/mol. The molecule has 4 unspecified atom stereocenters. The van der Waals surface area contributed by atoms with E-state index in [1.165, 1.54) is 12.1 Å². The zero-order chi connectivity index (χ0) is 38.4. The maximum atomic E-state index is 14.2. The third-order valence-corrected chi connectivity index (χ3v) is 9.31. The van der Waals surface area contributed by atoms with Gasteiger partial charge in [0.25, 0.3) is 0 Å². The lowest BCUT2D eigenvalue weighted by molar-refractivity contribution is -0.142. The van der Waals surface area contributed by atoms with E-state index in [1.54, 1.807) is 24.0 Å². The minimum absolute atomic E-state index is 0.0143. The number of nitrogens with zero attached hydrogens (tertiary/aromatic N) is 2. The van der Waals surface area contributed by atoms with Gasteiger partial charge in [-0.25, -0.2) is 0 Å². The highest BCUT2D eigenvalue weighted by atomic mass is 16.3. The lowest BCUT2D eigenvalue weighted by Gasteiger charge is -2.44. The SMILES string of the molecule is CC1C(=O)NC(CCCN=C(N)N)C(=O)NC(Cc2ccc3ccccc3c2)C(=O)NCC(=O)NC(C=O)(Cc2ccc(O)cc2)N1CCCCCN. The van der Waals surface area contributed by atoms with Crippen LogP contribution in [0.5, 0.6) is 5.75 Å². The molecule has 0 aromatic heterocycles. The van der Waals surface area contributed by atoms with Crippen LogP contribution in [-0.2, 0) is 36.8 Å². The van der Waals surface area contributed by atoms with E-state index >= 15 is 0 Å². The predicted molar refractivity (Wildman–Crippen MR) is 202 cm³/mol. The first-order chi connectivity index (χ1) is 25.4. The Morgan fingerprint density at radius 2 is 1.58 bits per heavy atom. The molecule has 0 aliphatic carbocycles. The number of aldehydes is 1. The summed E-state index contributed by atoms with van der Waals surface area (Å²) < 4.78 is 0. The average molecular weight is 730 g/mol. The number of nitrogens with two attached hydrogens (primary N) is 3. The quantitative estimate of drug-likeness (QED) is 0.0488. The number of fused-ring (bicyclic) bond motifs is 1. The molecule has 1 fully saturated rings. The van der Waals surface area contributed by atoms with Crippen molar-refractivity contribution in [2.45, 2.75) is 75.7 Å². The van der Waals surface area contributed by atoms with E-state index in [0.29, 0.717) is 44.1 Å². The molecule has 0 saturated carbocycles. The summed E-state index contributed by atoms with van der Waals surface area (Å²) in [7, 11) is 0. The van der Waals surface area contributed by atoms with Gasteiger partial charge in [-0.2, -0.15) is 0 Å². The molecule has 1 aliphatic rings. The van der Waals surface area contributed by atoms with Gasteiger partial charge in [0, 0.05) is 25.9 Å². The molecule has 53 heavy (non-hydrogen) atoms. The van der Waals surface area contributed by atoms with Gasteiger partial charge < -0.3 is 43.6 Å². The summed E-state index contributed by atoms with van der Waals surface area (Å²) in [4.78, 5) is 74.5. The molecule has 15 nitrogen and oxygen atoms in total. The van der Waals surface area contributed by atoms with Gasteiger partial charge in [0.05, 0.1) is 12.6 Å². The Kier molecular flexibility index (Phi) is 14.7. The van der Waals surface area contributed by atoms with Crippen molar-refractivity contribution in [1.29, 1.82) is 0 Å². The van der Waals surface area contributed by atoms with Crippen molar-refractivity contribution in [3.05, 3.63) is 77.9 Å². The van der Waals surface area contributed by atoms with Crippen molar-refractivity contribution in [2.75, 3.05) is 26.2 Å². The van der Waals surface area contributed by atoms with Crippen molar-refractivity contribution in [2.24, 2.45) is 22.2 Å². The van der Waals surface area contributed by atoms with Crippen molar-refractivity contribution in [3.63, 3.8) is 0 Å². The summed E-state index contributed by atoms with van der Waals surface area (Å²) in [5.41, 5.74) is 16.3. The summed E-state index contributed by atoms with van der Waals surface area (Å²) in [6, 6.07) is 16.3. The number of guanidine groups is 1. The predicted octanol–water partition coefficient (Wildman–Crippen LogP) is 0.315. The van der Waals surface area contributed by atoms with Crippen molar-refractivity contribution >= 4 is 46.6 Å². The summed E-state index contributed by atoms with van der Waals surface area (Å²) in [5, 5.41) is 23.0. The zero-order valence-electron chi connectivity index (χ0n) is 30.1. The average Bonchev–Trinajstić information content (AvgIpc) is 3.14. The number of amides is 4. The molecule has 0 radical (unpaired) electrons. The first-order valence-corrected chi connectivity index (χ1v) is 17.9. The molecule has 0 bridgehead atoms. The third kappa shape index (κ3) is 11.5. The molecule has 1 saturated heterocycles. The lowest BCUT2D eigenvalue weighted by Crippen LogP contribution is -2.69. The van der Waals surface area contributed by atoms with Crippen molar-refractivity contribution in [1.82, 2.24) is 26.2 Å². The Morgan fingerprint density at radius 1 is 0.887 bits per heavy atom. The van der Waals surface area contributed by atoms with Crippen LogP contribution in [0.1, 0.15) is 50.2 Å². The normalized spacial score (nSPS) is 21.8. The Hall–Kier alpha value is -5.54. The maximum absolute atomic E-state index is 14.2. The summed E-state index contributed by atoms with van der Waals surface area (Å²) in [6.07, 6.45) is 2.98. The van der Waals surface area contributed by atoms with E-state index in [4.69, 9.17) is 17.2 Å². The van der Waals surface area contributed by atoms with Gasteiger partial charge in [-0.3, -0.25) is 33.9 Å². The highest BCUT2D eigenvalue weighted by Gasteiger charge is 2.43. The van der Waals surface area contributed by atoms with E-state index in [1.807, 2.05) is 42.5 Å². The Balaban J connectivity index is 1.74. The van der Waals surface area contributed by atoms with Crippen LogP contribution in [0.15, 0.2) is 71.7 Å². The fraction of sp³-hybridized carbons (Fsp3) is 0.421. The molecule has 0 spiro atoms. The fourth-order valence-corrected chi connectivity index (χ4v) is 6.49. The van der Waals surface area contributed by atoms with Crippen LogP contribution in [0.2, 0.25) is 0 Å². The third-order valence-electron chi connectivity index (χ3n) is 9.31. The highest BCUT2D eigenvalue weighted by molar-refractivity contribution is 5.95. The molecule has 1 heterocycles. The minimum atomic E-state index is -1.77.